The molecule has 0 radical (unpaired) electrons. The van der Waals surface area contributed by atoms with Gasteiger partial charge in [-0.15, -0.1) is 0 Å². The second-order valence-corrected chi connectivity index (χ2v) is 6.22. The van der Waals surface area contributed by atoms with Crippen LogP contribution in [0, 0.1) is 11.8 Å². The molecule has 21 heavy (non-hydrogen) atoms. The first-order valence-electron chi connectivity index (χ1n) is 8.03. The van der Waals surface area contributed by atoms with Gasteiger partial charge >= 0.3 is 5.97 Å². The Bertz CT molecular complexity index is 403. The maximum Gasteiger partial charge on any atom is 0.307 e. The normalized spacial score (nSPS) is 14.1. The smallest absolute Gasteiger partial charge is 0.307 e. The molecule has 0 saturated heterocycles. The Kier molecular flexibility index (Phi) is 8.06. The van der Waals surface area contributed by atoms with E-state index >= 15 is 0 Å². The predicted molar refractivity (Wildman–Crippen MR) is 87.5 cm³/mol. The van der Waals surface area contributed by atoms with E-state index < -0.39 is 5.97 Å². The van der Waals surface area contributed by atoms with Crippen LogP contribution < -0.4 is 5.32 Å². The quantitative estimate of drug-likeness (QED) is 0.687. The summed E-state index contributed by atoms with van der Waals surface area (Å²) in [5.74, 6) is -0.107. The molecule has 1 rings (SSSR count). The Morgan fingerprint density at radius 2 is 1.86 bits per heavy atom. The van der Waals surface area contributed by atoms with Gasteiger partial charge in [0, 0.05) is 13.1 Å². The van der Waals surface area contributed by atoms with Gasteiger partial charge in [0.05, 0.1) is 5.92 Å². The molecule has 0 aromatic heterocycles. The van der Waals surface area contributed by atoms with Crippen LogP contribution in [0.5, 0.6) is 0 Å². The van der Waals surface area contributed by atoms with Crippen molar-refractivity contribution in [1.82, 2.24) is 5.32 Å². The first-order valence-corrected chi connectivity index (χ1v) is 8.03. The van der Waals surface area contributed by atoms with E-state index in [2.05, 4.69) is 50.4 Å². The van der Waals surface area contributed by atoms with E-state index in [1.807, 2.05) is 6.07 Å². The third-order valence-electron chi connectivity index (χ3n) is 3.79. The summed E-state index contributed by atoms with van der Waals surface area (Å²) in [6, 6.07) is 10.5. The molecule has 1 aromatic carbocycles. The van der Waals surface area contributed by atoms with E-state index in [1.54, 1.807) is 0 Å². The molecule has 0 fully saturated rings. The number of hydrogen-bond acceptors (Lipinski definition) is 2. The van der Waals surface area contributed by atoms with Crippen LogP contribution in [0.3, 0.4) is 0 Å². The molecule has 0 saturated carbocycles. The zero-order chi connectivity index (χ0) is 15.7. The summed E-state index contributed by atoms with van der Waals surface area (Å²) in [6.45, 7) is 7.73. The lowest BCUT2D eigenvalue weighted by molar-refractivity contribution is -0.142. The maximum atomic E-state index is 11.3. The molecule has 0 spiro atoms. The van der Waals surface area contributed by atoms with Crippen molar-refractivity contribution in [3.05, 3.63) is 35.9 Å². The summed E-state index contributed by atoms with van der Waals surface area (Å²) in [4.78, 5) is 11.3. The monoisotopic (exact) mass is 291 g/mol. The van der Waals surface area contributed by atoms with Crippen LogP contribution in [-0.4, -0.2) is 24.2 Å². The van der Waals surface area contributed by atoms with Gasteiger partial charge in [0.25, 0.3) is 0 Å². The fourth-order valence-electron chi connectivity index (χ4n) is 2.73. The minimum atomic E-state index is -0.692. The molecule has 2 atom stereocenters. The second kappa shape index (κ2) is 9.56. The van der Waals surface area contributed by atoms with Gasteiger partial charge in [-0.2, -0.15) is 0 Å². The van der Waals surface area contributed by atoms with Crippen molar-refractivity contribution in [2.75, 3.05) is 13.1 Å². The van der Waals surface area contributed by atoms with Crippen LogP contribution in [0.2, 0.25) is 0 Å². The number of carbonyl (C=O) groups is 1. The molecule has 3 nitrogen and oxygen atoms in total. The van der Waals surface area contributed by atoms with Crippen LogP contribution >= 0.6 is 0 Å². The van der Waals surface area contributed by atoms with E-state index in [0.29, 0.717) is 18.4 Å². The van der Waals surface area contributed by atoms with Crippen LogP contribution in [-0.2, 0) is 4.79 Å². The highest BCUT2D eigenvalue weighted by atomic mass is 16.4. The molecule has 0 bridgehead atoms. The van der Waals surface area contributed by atoms with E-state index in [9.17, 15) is 9.90 Å². The minimum absolute atomic E-state index is 0.289. The average Bonchev–Trinajstić information content (AvgIpc) is 2.45. The van der Waals surface area contributed by atoms with Crippen molar-refractivity contribution in [2.45, 2.75) is 46.0 Å². The molecule has 3 heteroatoms. The number of carboxylic acids is 1. The van der Waals surface area contributed by atoms with Gasteiger partial charge in [0.1, 0.15) is 0 Å². The number of hydrogen-bond donors (Lipinski definition) is 2. The fraction of sp³-hybridized carbons (Fsp3) is 0.611. The summed E-state index contributed by atoms with van der Waals surface area (Å²) in [6.07, 6.45) is 2.99. The molecule has 2 unspecified atom stereocenters. The minimum Gasteiger partial charge on any atom is -0.481 e. The highest BCUT2D eigenvalue weighted by molar-refractivity contribution is 5.70. The summed E-state index contributed by atoms with van der Waals surface area (Å²) in [5.41, 5.74) is 1.34. The van der Waals surface area contributed by atoms with Gasteiger partial charge in [-0.25, -0.2) is 0 Å². The van der Waals surface area contributed by atoms with Gasteiger partial charge in [-0.3, -0.25) is 4.79 Å². The SMILES string of the molecule is CCCC(CNCC(CC(C)C)C(=O)O)c1ccccc1. The number of rotatable bonds is 10. The van der Waals surface area contributed by atoms with E-state index in [0.717, 1.165) is 25.8 Å². The number of benzene rings is 1. The van der Waals surface area contributed by atoms with Crippen LogP contribution in [0.25, 0.3) is 0 Å². The lowest BCUT2D eigenvalue weighted by atomic mass is 9.93. The highest BCUT2D eigenvalue weighted by Crippen LogP contribution is 2.20. The Labute approximate surface area is 128 Å². The van der Waals surface area contributed by atoms with Crippen molar-refractivity contribution in [3.63, 3.8) is 0 Å². The molecular weight excluding hydrogens is 262 g/mol. The van der Waals surface area contributed by atoms with Gasteiger partial charge in [-0.1, -0.05) is 57.5 Å². The standard InChI is InChI=1S/C18H29NO2/c1-4-8-16(15-9-6-5-7-10-15)12-19-13-17(18(20)21)11-14(2)3/h5-7,9-10,14,16-17,19H,4,8,11-13H2,1-3H3,(H,20,21). The molecule has 0 aliphatic heterocycles. The van der Waals surface area contributed by atoms with Gasteiger partial charge in [-0.05, 0) is 30.2 Å². The largest absolute Gasteiger partial charge is 0.481 e. The van der Waals surface area contributed by atoms with Crippen molar-refractivity contribution >= 4 is 5.97 Å². The zero-order valence-corrected chi connectivity index (χ0v) is 13.5. The third kappa shape index (κ3) is 6.76. The molecular formula is C18H29NO2. The molecule has 2 N–H and O–H groups in total. The second-order valence-electron chi connectivity index (χ2n) is 6.22. The maximum absolute atomic E-state index is 11.3. The van der Waals surface area contributed by atoms with Gasteiger partial charge < -0.3 is 10.4 Å². The first kappa shape index (κ1) is 17.7. The summed E-state index contributed by atoms with van der Waals surface area (Å²) in [7, 11) is 0. The number of nitrogens with one attached hydrogen (secondary N) is 1. The highest BCUT2D eigenvalue weighted by Gasteiger charge is 2.19. The van der Waals surface area contributed by atoms with Crippen LogP contribution in [0.1, 0.15) is 51.5 Å². The number of aliphatic carboxylic acids is 1. The van der Waals surface area contributed by atoms with Crippen molar-refractivity contribution in [2.24, 2.45) is 11.8 Å². The summed E-state index contributed by atoms with van der Waals surface area (Å²) in [5, 5.41) is 12.6. The lowest BCUT2D eigenvalue weighted by Gasteiger charge is -2.20. The molecule has 0 aliphatic carbocycles. The third-order valence-corrected chi connectivity index (χ3v) is 3.79. The van der Waals surface area contributed by atoms with Crippen molar-refractivity contribution < 1.29 is 9.90 Å². The fourth-order valence-corrected chi connectivity index (χ4v) is 2.73. The Morgan fingerprint density at radius 3 is 2.38 bits per heavy atom. The Morgan fingerprint density at radius 1 is 1.19 bits per heavy atom. The summed E-state index contributed by atoms with van der Waals surface area (Å²) >= 11 is 0. The molecule has 0 aliphatic rings. The van der Waals surface area contributed by atoms with Crippen LogP contribution in [0.4, 0.5) is 0 Å². The molecule has 118 valence electrons. The topological polar surface area (TPSA) is 49.3 Å². The Balaban J connectivity index is 2.51. The molecule has 1 aromatic rings. The summed E-state index contributed by atoms with van der Waals surface area (Å²) < 4.78 is 0. The van der Waals surface area contributed by atoms with E-state index in [-0.39, 0.29) is 5.92 Å². The van der Waals surface area contributed by atoms with Crippen LogP contribution in [0.15, 0.2) is 30.3 Å². The Hall–Kier alpha value is -1.35. The molecule has 0 heterocycles. The van der Waals surface area contributed by atoms with Crippen molar-refractivity contribution in [3.8, 4) is 0 Å². The lowest BCUT2D eigenvalue weighted by Crippen LogP contribution is -2.32. The average molecular weight is 291 g/mol. The van der Waals surface area contributed by atoms with E-state index in [4.69, 9.17) is 0 Å². The molecule has 0 amide bonds. The predicted octanol–water partition coefficient (Wildman–Crippen LogP) is 3.91. The van der Waals surface area contributed by atoms with E-state index in [1.165, 1.54) is 5.56 Å². The van der Waals surface area contributed by atoms with Crippen molar-refractivity contribution in [1.29, 1.82) is 0 Å². The van der Waals surface area contributed by atoms with Gasteiger partial charge in [0.15, 0.2) is 0 Å². The zero-order valence-electron chi connectivity index (χ0n) is 13.5. The van der Waals surface area contributed by atoms with Gasteiger partial charge in [0.2, 0.25) is 0 Å². The number of carboxylic acid groups (broad SMARTS) is 1. The first-order chi connectivity index (χ1) is 10.0.